The first-order valence-electron chi connectivity index (χ1n) is 3.74. The molecule has 0 aliphatic rings. The molecule has 0 aliphatic carbocycles. The Bertz CT molecular complexity index is 424. The van der Waals surface area contributed by atoms with Gasteiger partial charge in [-0.15, -0.1) is 0 Å². The summed E-state index contributed by atoms with van der Waals surface area (Å²) in [6.07, 6.45) is -0.214. The molecule has 72 valence electrons. The first-order valence-corrected chi connectivity index (χ1v) is 4.12. The molecule has 0 heterocycles. The number of anilines is 1. The summed E-state index contributed by atoms with van der Waals surface area (Å²) in [6.45, 7) is 0. The number of nitrogens with two attached hydrogens (primary N) is 1. The van der Waals surface area contributed by atoms with Crippen molar-refractivity contribution in [3.63, 3.8) is 0 Å². The van der Waals surface area contributed by atoms with Crippen molar-refractivity contribution in [2.75, 3.05) is 5.73 Å². The minimum absolute atomic E-state index is 0.214. The van der Waals surface area contributed by atoms with Crippen LogP contribution in [0.3, 0.4) is 0 Å². The van der Waals surface area contributed by atoms with Crippen LogP contribution in [0.1, 0.15) is 11.1 Å². The molecule has 1 aromatic rings. The highest BCUT2D eigenvalue weighted by Crippen LogP contribution is 2.23. The van der Waals surface area contributed by atoms with Crippen molar-refractivity contribution in [3.05, 3.63) is 28.3 Å². The molecule has 4 nitrogen and oxygen atoms in total. The Morgan fingerprint density at radius 3 is 2.79 bits per heavy atom. The number of carbonyl (C=O) groups is 1. The molecule has 0 unspecified atom stereocenters. The highest BCUT2D eigenvalue weighted by molar-refractivity contribution is 6.31. The van der Waals surface area contributed by atoms with E-state index in [-0.39, 0.29) is 22.7 Å². The average Bonchev–Trinajstić information content (AvgIpc) is 2.09. The van der Waals surface area contributed by atoms with Gasteiger partial charge in [-0.1, -0.05) is 11.6 Å². The Morgan fingerprint density at radius 2 is 2.29 bits per heavy atom. The smallest absolute Gasteiger partial charge is 0.307 e. The molecule has 0 aromatic heterocycles. The van der Waals surface area contributed by atoms with Gasteiger partial charge in [0.1, 0.15) is 6.07 Å². The third-order valence-corrected chi connectivity index (χ3v) is 2.03. The van der Waals surface area contributed by atoms with Crippen LogP contribution in [0.5, 0.6) is 0 Å². The summed E-state index contributed by atoms with van der Waals surface area (Å²) in [7, 11) is 0. The summed E-state index contributed by atoms with van der Waals surface area (Å²) in [5.74, 6) is -0.999. The molecular formula is C9H7ClN2O2. The summed E-state index contributed by atoms with van der Waals surface area (Å²) in [5, 5.41) is 17.5. The van der Waals surface area contributed by atoms with E-state index in [9.17, 15) is 4.79 Å². The summed E-state index contributed by atoms with van der Waals surface area (Å²) in [4.78, 5) is 10.4. The zero-order valence-electron chi connectivity index (χ0n) is 7.12. The molecule has 0 bridgehead atoms. The van der Waals surface area contributed by atoms with E-state index in [1.807, 2.05) is 6.07 Å². The van der Waals surface area contributed by atoms with Crippen LogP contribution in [0, 0.1) is 11.3 Å². The standard InChI is InChI=1S/C9H7ClN2O2/c10-7-3-8(12)6(4-11)1-5(7)2-9(13)14/h1,3H,2,12H2,(H,13,14). The normalized spacial score (nSPS) is 9.43. The van der Waals surface area contributed by atoms with E-state index >= 15 is 0 Å². The number of carboxylic acids is 1. The number of hydrogen-bond acceptors (Lipinski definition) is 3. The molecule has 0 saturated heterocycles. The van der Waals surface area contributed by atoms with Crippen LogP contribution in [0.25, 0.3) is 0 Å². The monoisotopic (exact) mass is 210 g/mol. The van der Waals surface area contributed by atoms with Gasteiger partial charge in [-0.3, -0.25) is 4.79 Å². The molecule has 0 amide bonds. The number of hydrogen-bond donors (Lipinski definition) is 2. The minimum Gasteiger partial charge on any atom is -0.481 e. The topological polar surface area (TPSA) is 87.1 Å². The molecule has 0 atom stereocenters. The third kappa shape index (κ3) is 2.15. The predicted molar refractivity (Wildman–Crippen MR) is 51.9 cm³/mol. The van der Waals surface area contributed by atoms with Gasteiger partial charge in [0, 0.05) is 5.02 Å². The molecule has 5 heteroatoms. The van der Waals surface area contributed by atoms with E-state index in [2.05, 4.69) is 0 Å². The van der Waals surface area contributed by atoms with Gasteiger partial charge in [-0.2, -0.15) is 5.26 Å². The summed E-state index contributed by atoms with van der Waals surface area (Å²) in [6, 6.07) is 4.64. The number of nitrogens with zero attached hydrogens (tertiary/aromatic N) is 1. The van der Waals surface area contributed by atoms with Crippen molar-refractivity contribution in [1.29, 1.82) is 5.26 Å². The number of halogens is 1. The van der Waals surface area contributed by atoms with E-state index in [0.29, 0.717) is 5.56 Å². The van der Waals surface area contributed by atoms with Crippen molar-refractivity contribution in [3.8, 4) is 6.07 Å². The molecule has 1 rings (SSSR count). The van der Waals surface area contributed by atoms with Crippen molar-refractivity contribution >= 4 is 23.3 Å². The fourth-order valence-corrected chi connectivity index (χ4v) is 1.27. The Labute approximate surface area is 85.5 Å². The summed E-state index contributed by atoms with van der Waals surface area (Å²) < 4.78 is 0. The lowest BCUT2D eigenvalue weighted by atomic mass is 10.1. The van der Waals surface area contributed by atoms with E-state index in [4.69, 9.17) is 27.7 Å². The first kappa shape index (κ1) is 10.4. The quantitative estimate of drug-likeness (QED) is 0.723. The van der Waals surface area contributed by atoms with Crippen molar-refractivity contribution in [2.45, 2.75) is 6.42 Å². The molecular weight excluding hydrogens is 204 g/mol. The largest absolute Gasteiger partial charge is 0.481 e. The van der Waals surface area contributed by atoms with Crippen LogP contribution in [-0.4, -0.2) is 11.1 Å². The van der Waals surface area contributed by atoms with Crippen LogP contribution in [-0.2, 0) is 11.2 Å². The zero-order chi connectivity index (χ0) is 10.7. The second kappa shape index (κ2) is 3.99. The number of nitrogen functional groups attached to an aromatic ring is 1. The Morgan fingerprint density at radius 1 is 1.64 bits per heavy atom. The third-order valence-electron chi connectivity index (χ3n) is 1.68. The van der Waals surface area contributed by atoms with Gasteiger partial charge in [0.05, 0.1) is 17.7 Å². The average molecular weight is 211 g/mol. The zero-order valence-corrected chi connectivity index (χ0v) is 7.88. The van der Waals surface area contributed by atoms with Gasteiger partial charge in [0.15, 0.2) is 0 Å². The van der Waals surface area contributed by atoms with E-state index in [1.54, 1.807) is 0 Å². The molecule has 3 N–H and O–H groups in total. The maximum absolute atomic E-state index is 10.4. The fourth-order valence-electron chi connectivity index (χ4n) is 1.03. The molecule has 0 aliphatic heterocycles. The molecule has 14 heavy (non-hydrogen) atoms. The van der Waals surface area contributed by atoms with Gasteiger partial charge >= 0.3 is 5.97 Å². The summed E-state index contributed by atoms with van der Waals surface area (Å²) >= 11 is 5.75. The number of aliphatic carboxylic acids is 1. The lowest BCUT2D eigenvalue weighted by Crippen LogP contribution is -2.02. The highest BCUT2D eigenvalue weighted by atomic mass is 35.5. The number of nitriles is 1. The molecule has 1 aromatic carbocycles. The van der Waals surface area contributed by atoms with Crippen molar-refractivity contribution in [1.82, 2.24) is 0 Å². The minimum atomic E-state index is -0.999. The molecule has 0 fully saturated rings. The highest BCUT2D eigenvalue weighted by Gasteiger charge is 2.09. The van der Waals surface area contributed by atoms with Gasteiger partial charge in [0.25, 0.3) is 0 Å². The predicted octanol–water partition coefficient (Wildman–Crippen LogP) is 1.42. The van der Waals surface area contributed by atoms with Crippen LogP contribution < -0.4 is 5.73 Å². The van der Waals surface area contributed by atoms with Crippen LogP contribution in [0.4, 0.5) is 5.69 Å². The Hall–Kier alpha value is -1.73. The van der Waals surface area contributed by atoms with Gasteiger partial charge in [0.2, 0.25) is 0 Å². The van der Waals surface area contributed by atoms with Gasteiger partial charge < -0.3 is 10.8 Å². The lowest BCUT2D eigenvalue weighted by molar-refractivity contribution is -0.136. The number of carboxylic acid groups (broad SMARTS) is 1. The van der Waals surface area contributed by atoms with Crippen molar-refractivity contribution < 1.29 is 9.90 Å². The van der Waals surface area contributed by atoms with Crippen LogP contribution >= 0.6 is 11.6 Å². The second-order valence-corrected chi connectivity index (χ2v) is 3.12. The van der Waals surface area contributed by atoms with Gasteiger partial charge in [-0.25, -0.2) is 0 Å². The van der Waals surface area contributed by atoms with E-state index < -0.39 is 5.97 Å². The fraction of sp³-hybridized carbons (Fsp3) is 0.111. The maximum atomic E-state index is 10.4. The number of rotatable bonds is 2. The van der Waals surface area contributed by atoms with E-state index in [0.717, 1.165) is 0 Å². The molecule has 0 saturated carbocycles. The van der Waals surface area contributed by atoms with Gasteiger partial charge in [-0.05, 0) is 17.7 Å². The first-order chi connectivity index (χ1) is 6.54. The van der Waals surface area contributed by atoms with E-state index in [1.165, 1.54) is 12.1 Å². The Balaban J connectivity index is 3.19. The summed E-state index contributed by atoms with van der Waals surface area (Å²) in [5.41, 5.74) is 6.37. The SMILES string of the molecule is N#Cc1cc(CC(=O)O)c(Cl)cc1N. The second-order valence-electron chi connectivity index (χ2n) is 2.71. The van der Waals surface area contributed by atoms with Crippen molar-refractivity contribution in [2.24, 2.45) is 0 Å². The maximum Gasteiger partial charge on any atom is 0.307 e. The number of benzene rings is 1. The Kier molecular flexibility index (Phi) is 2.95. The molecule has 0 spiro atoms. The molecule has 0 radical (unpaired) electrons. The lowest BCUT2D eigenvalue weighted by Gasteiger charge is -2.04. The van der Waals surface area contributed by atoms with Crippen LogP contribution in [0.15, 0.2) is 12.1 Å². The van der Waals surface area contributed by atoms with Crippen LogP contribution in [0.2, 0.25) is 5.02 Å².